The van der Waals surface area contributed by atoms with Gasteiger partial charge in [-0.05, 0) is 57.0 Å². The van der Waals surface area contributed by atoms with Crippen molar-refractivity contribution in [3.8, 4) is 11.5 Å². The highest BCUT2D eigenvalue weighted by Crippen LogP contribution is 2.50. The second kappa shape index (κ2) is 11.6. The fourth-order valence-corrected chi connectivity index (χ4v) is 4.68. The molecule has 0 saturated heterocycles. The Morgan fingerprint density at radius 1 is 1.24 bits per heavy atom. The molecule has 0 spiro atoms. The Balaban J connectivity index is 0.000000266. The van der Waals surface area contributed by atoms with Crippen LogP contribution in [0.1, 0.15) is 31.4 Å². The fraction of sp³-hybridized carbons (Fsp3) is 0.458. The molecule has 13 heteroatoms. The molecule has 1 aromatic heterocycles. The van der Waals surface area contributed by atoms with Crippen LogP contribution in [0.3, 0.4) is 0 Å². The summed E-state index contributed by atoms with van der Waals surface area (Å²) in [5, 5.41) is 16.4. The third-order valence-corrected chi connectivity index (χ3v) is 6.76. The molecule has 3 N–H and O–H groups in total. The van der Waals surface area contributed by atoms with E-state index in [4.69, 9.17) is 21.1 Å². The van der Waals surface area contributed by atoms with Crippen molar-refractivity contribution in [3.05, 3.63) is 53.1 Å². The summed E-state index contributed by atoms with van der Waals surface area (Å²) in [6.45, 7) is -0.435. The number of alkyl halides is 3. The molecule has 0 radical (unpaired) electrons. The van der Waals surface area contributed by atoms with Crippen molar-refractivity contribution >= 4 is 23.8 Å². The smallest absolute Gasteiger partial charge is 0.433 e. The molecule has 2 aliphatic carbocycles. The number of carbonyl (C=O) groups is 2. The van der Waals surface area contributed by atoms with E-state index in [9.17, 15) is 32.3 Å². The molecule has 3 unspecified atom stereocenters. The molecular weight excluding hydrogens is 522 g/mol. The fourth-order valence-electron chi connectivity index (χ4n) is 4.57. The molecule has 2 aliphatic rings. The first kappa shape index (κ1) is 28.6. The lowest BCUT2D eigenvalue weighted by molar-refractivity contribution is -0.141. The summed E-state index contributed by atoms with van der Waals surface area (Å²) in [6, 6.07) is 5.91. The van der Waals surface area contributed by atoms with Gasteiger partial charge in [0.15, 0.2) is 12.9 Å². The van der Waals surface area contributed by atoms with E-state index in [0.717, 1.165) is 30.8 Å². The van der Waals surface area contributed by atoms with Crippen LogP contribution in [0.15, 0.2) is 36.5 Å². The van der Waals surface area contributed by atoms with Crippen molar-refractivity contribution in [1.82, 2.24) is 15.6 Å². The van der Waals surface area contributed by atoms with Crippen LogP contribution in [-0.2, 0) is 15.8 Å². The number of halogens is 5. The van der Waals surface area contributed by atoms with Gasteiger partial charge in [-0.3, -0.25) is 9.59 Å². The lowest BCUT2D eigenvalue weighted by atomic mass is 9.88. The third-order valence-electron chi connectivity index (χ3n) is 6.45. The van der Waals surface area contributed by atoms with Crippen LogP contribution in [0.2, 0.25) is 5.02 Å². The maximum absolute atomic E-state index is 12.7. The lowest BCUT2D eigenvalue weighted by Gasteiger charge is -2.33. The topological polar surface area (TPSA) is 110 Å². The van der Waals surface area contributed by atoms with E-state index < -0.39 is 35.2 Å². The van der Waals surface area contributed by atoms with E-state index in [2.05, 4.69) is 15.6 Å². The number of hydrogen-bond donors (Lipinski definition) is 3. The SMILES string of the molecule is CNC12CCC(NC(=O)COc3ccc(C(F)(F)F)nc3)(C1)C(O)C2.O=CCOc1ccc(Cl)c(F)c1. The number of fused-ring (bicyclic) bond motifs is 2. The number of rotatable bonds is 8. The molecule has 3 atom stereocenters. The van der Waals surface area contributed by atoms with E-state index >= 15 is 0 Å². The molecule has 4 rings (SSSR count). The molecule has 0 aliphatic heterocycles. The van der Waals surface area contributed by atoms with Crippen LogP contribution in [0.5, 0.6) is 11.5 Å². The van der Waals surface area contributed by atoms with Crippen molar-refractivity contribution in [1.29, 1.82) is 0 Å². The van der Waals surface area contributed by atoms with Gasteiger partial charge in [-0.15, -0.1) is 0 Å². The second-order valence-electron chi connectivity index (χ2n) is 8.85. The Hall–Kier alpha value is -2.96. The van der Waals surface area contributed by atoms with Crippen molar-refractivity contribution < 1.29 is 41.7 Å². The number of aliphatic hydroxyl groups excluding tert-OH is 1. The van der Waals surface area contributed by atoms with Crippen molar-refractivity contribution in [2.75, 3.05) is 20.3 Å². The monoisotopic (exact) mass is 547 g/mol. The minimum absolute atomic E-state index is 0.0356. The number of nitrogens with one attached hydrogen (secondary N) is 2. The number of ether oxygens (including phenoxy) is 2. The van der Waals surface area contributed by atoms with Crippen LogP contribution in [0, 0.1) is 5.82 Å². The van der Waals surface area contributed by atoms with Crippen molar-refractivity contribution in [3.63, 3.8) is 0 Å². The average Bonchev–Trinajstić information content (AvgIpc) is 3.36. The van der Waals surface area contributed by atoms with Crippen LogP contribution >= 0.6 is 11.6 Å². The largest absolute Gasteiger partial charge is 0.486 e. The summed E-state index contributed by atoms with van der Waals surface area (Å²) in [6.07, 6.45) is -0.875. The Bertz CT molecular complexity index is 1100. The maximum Gasteiger partial charge on any atom is 0.433 e. The van der Waals surface area contributed by atoms with Gasteiger partial charge < -0.3 is 25.2 Å². The Morgan fingerprint density at radius 3 is 2.51 bits per heavy atom. The molecule has 202 valence electrons. The highest BCUT2D eigenvalue weighted by molar-refractivity contribution is 6.30. The average molecular weight is 548 g/mol. The quantitative estimate of drug-likeness (QED) is 0.344. The van der Waals surface area contributed by atoms with Crippen LogP contribution in [-0.4, -0.2) is 59.7 Å². The van der Waals surface area contributed by atoms with E-state index in [1.807, 2.05) is 7.05 Å². The molecular formula is C24H26ClF4N3O5. The highest BCUT2D eigenvalue weighted by atomic mass is 35.5. The number of nitrogens with zero attached hydrogens (tertiary/aromatic N) is 1. The van der Waals surface area contributed by atoms with E-state index in [1.165, 1.54) is 12.1 Å². The second-order valence-corrected chi connectivity index (χ2v) is 9.26. The minimum atomic E-state index is -4.52. The first-order valence-electron chi connectivity index (χ1n) is 11.3. The van der Waals surface area contributed by atoms with Crippen molar-refractivity contribution in [2.45, 2.75) is 49.0 Å². The van der Waals surface area contributed by atoms with E-state index in [1.54, 1.807) is 0 Å². The van der Waals surface area contributed by atoms with Gasteiger partial charge in [0.05, 0.1) is 22.9 Å². The summed E-state index contributed by atoms with van der Waals surface area (Å²) in [7, 11) is 1.84. The summed E-state index contributed by atoms with van der Waals surface area (Å²) < 4.78 is 60.1. The molecule has 2 bridgehead atoms. The number of aromatic nitrogens is 1. The zero-order chi connectivity index (χ0) is 27.3. The third kappa shape index (κ3) is 7.08. The molecule has 1 amide bonds. The normalized spacial score (nSPS) is 24.1. The number of hydrogen-bond acceptors (Lipinski definition) is 7. The van der Waals surface area contributed by atoms with Gasteiger partial charge in [0.2, 0.25) is 0 Å². The first-order chi connectivity index (χ1) is 17.4. The Kier molecular flexibility index (Phi) is 8.98. The van der Waals surface area contributed by atoms with Gasteiger partial charge in [0.1, 0.15) is 29.6 Å². The van der Waals surface area contributed by atoms with Gasteiger partial charge in [-0.25, -0.2) is 9.37 Å². The first-order valence-corrected chi connectivity index (χ1v) is 11.7. The van der Waals surface area contributed by atoms with Crippen molar-refractivity contribution in [2.24, 2.45) is 0 Å². The molecule has 1 aromatic carbocycles. The summed E-state index contributed by atoms with van der Waals surface area (Å²) in [4.78, 5) is 25.3. The molecule has 2 aromatic rings. The number of pyridine rings is 1. The predicted octanol–water partition coefficient (Wildman–Crippen LogP) is 3.30. The molecule has 1 heterocycles. The van der Waals surface area contributed by atoms with Gasteiger partial charge in [0, 0.05) is 11.6 Å². The molecule has 2 fully saturated rings. The minimum Gasteiger partial charge on any atom is -0.486 e. The van der Waals surface area contributed by atoms with Gasteiger partial charge >= 0.3 is 6.18 Å². The molecule has 2 saturated carbocycles. The van der Waals surface area contributed by atoms with Crippen LogP contribution in [0.4, 0.5) is 17.6 Å². The standard InChI is InChI=1S/C16H20F3N3O3.C8H6ClFO2/c1-20-14-4-5-15(9-14,12(23)6-14)22-13(24)8-25-10-2-3-11(21-7-10)16(17,18)19;9-7-2-1-6(5-8(7)10)12-4-3-11/h2-3,7,12,20,23H,4-6,8-9H2,1H3,(H,22,24);1-3,5H,4H2. The lowest BCUT2D eigenvalue weighted by Crippen LogP contribution is -2.54. The Morgan fingerprint density at radius 2 is 1.97 bits per heavy atom. The molecule has 8 nitrogen and oxygen atoms in total. The number of aldehydes is 1. The number of amides is 1. The summed E-state index contributed by atoms with van der Waals surface area (Å²) >= 11 is 5.41. The number of benzene rings is 1. The zero-order valence-electron chi connectivity index (χ0n) is 19.8. The number of carbonyl (C=O) groups excluding carboxylic acids is 2. The number of aliphatic hydroxyl groups is 1. The maximum atomic E-state index is 12.7. The van der Waals surface area contributed by atoms with Crippen LogP contribution < -0.4 is 20.1 Å². The highest BCUT2D eigenvalue weighted by Gasteiger charge is 2.59. The summed E-state index contributed by atoms with van der Waals surface area (Å²) in [5.74, 6) is -0.611. The van der Waals surface area contributed by atoms with E-state index in [0.29, 0.717) is 31.3 Å². The predicted molar refractivity (Wildman–Crippen MR) is 125 cm³/mol. The van der Waals surface area contributed by atoms with E-state index in [-0.39, 0.29) is 29.5 Å². The van der Waals surface area contributed by atoms with Crippen LogP contribution in [0.25, 0.3) is 0 Å². The molecule has 37 heavy (non-hydrogen) atoms. The Labute approximate surface area is 215 Å². The van der Waals surface area contributed by atoms with Gasteiger partial charge in [-0.1, -0.05) is 11.6 Å². The van der Waals surface area contributed by atoms with Gasteiger partial charge in [0.25, 0.3) is 5.91 Å². The van der Waals surface area contributed by atoms with Gasteiger partial charge in [-0.2, -0.15) is 13.2 Å². The summed E-state index contributed by atoms with van der Waals surface area (Å²) in [5.41, 5.74) is -1.83. The zero-order valence-corrected chi connectivity index (χ0v) is 20.5.